The van der Waals surface area contributed by atoms with E-state index in [1.54, 1.807) is 0 Å². The van der Waals surface area contributed by atoms with E-state index in [1.165, 1.54) is 0 Å². The fourth-order valence-electron chi connectivity index (χ4n) is 0. The van der Waals surface area contributed by atoms with Gasteiger partial charge < -0.3 is 5.11 Å². The van der Waals surface area contributed by atoms with Crippen LogP contribution in [0.25, 0.3) is 0 Å². The molecule has 0 unspecified atom stereocenters. The van der Waals surface area contributed by atoms with Crippen LogP contribution in [0.2, 0.25) is 0 Å². The Morgan fingerprint density at radius 2 is 2.00 bits per heavy atom. The number of aliphatic hydroxyl groups excluding tert-OH is 1. The minimum Gasteiger partial charge on any atom is -0.565 e. The van der Waals surface area contributed by atoms with Crippen molar-refractivity contribution in [2.24, 2.45) is 0 Å². The van der Waals surface area contributed by atoms with Gasteiger partial charge in [0.1, 0.15) is 0 Å². The quantitative estimate of drug-likeness (QED) is 0.453. The second kappa shape index (κ2) is 9.02. The molecule has 0 radical (unpaired) electrons. The molecule has 0 aromatic rings. The van der Waals surface area contributed by atoms with Gasteiger partial charge in [-0.15, -0.1) is 0 Å². The predicted molar refractivity (Wildman–Crippen MR) is 17.0 cm³/mol. The standard InChI is InChI=1S/C2H4ClO.Y/c3-1-2-4;/h2,4H,1H2;/q-1;+3. The first-order chi connectivity index (χ1) is 1.91. The van der Waals surface area contributed by atoms with Gasteiger partial charge in [0.05, 0.1) is 0 Å². The van der Waals surface area contributed by atoms with Gasteiger partial charge in [0.2, 0.25) is 0 Å². The molecule has 0 spiro atoms. The maximum atomic E-state index is 7.62. The molecule has 0 aromatic carbocycles. The third kappa shape index (κ3) is 10.9. The zero-order chi connectivity index (χ0) is 3.41. The van der Waals surface area contributed by atoms with E-state index in [0.29, 0.717) is 0 Å². The van der Waals surface area contributed by atoms with Crippen molar-refractivity contribution in [2.75, 3.05) is 5.88 Å². The third-order valence-corrected chi connectivity index (χ3v) is 0.207. The summed E-state index contributed by atoms with van der Waals surface area (Å²) in [6.07, 6.45) is 0. The molecule has 0 aliphatic carbocycles. The average Bonchev–Trinajstić information content (AvgIpc) is 1.37. The smallest absolute Gasteiger partial charge is 0.565 e. The fraction of sp³-hybridized carbons (Fsp3) is 0.500. The number of alkyl halides is 1. The van der Waals surface area contributed by atoms with Gasteiger partial charge >= 0.3 is 32.7 Å². The van der Waals surface area contributed by atoms with Gasteiger partial charge in [0.15, 0.2) is 0 Å². The van der Waals surface area contributed by atoms with Crippen molar-refractivity contribution in [3.05, 3.63) is 6.61 Å². The van der Waals surface area contributed by atoms with Crippen molar-refractivity contribution in [1.82, 2.24) is 0 Å². The molecule has 5 heavy (non-hydrogen) atoms. The van der Waals surface area contributed by atoms with Gasteiger partial charge in [-0.2, -0.15) is 11.6 Å². The molecule has 0 aromatic heterocycles. The van der Waals surface area contributed by atoms with E-state index in [4.69, 9.17) is 16.7 Å². The summed E-state index contributed by atoms with van der Waals surface area (Å²) >= 11 is 4.88. The molecule has 3 heteroatoms. The van der Waals surface area contributed by atoms with Crippen LogP contribution in [0.15, 0.2) is 0 Å². The molecule has 0 amide bonds. The molecule has 0 saturated heterocycles. The SMILES string of the molecule is O[CH-]CCl.[Y+3]. The summed E-state index contributed by atoms with van der Waals surface area (Å²) in [5.74, 6) is 0.222. The van der Waals surface area contributed by atoms with E-state index >= 15 is 0 Å². The van der Waals surface area contributed by atoms with Crippen LogP contribution in [0, 0.1) is 6.61 Å². The molecule has 0 atom stereocenters. The Kier molecular flexibility index (Phi) is 17.3. The molecular formula is C2H4ClOY+2. The van der Waals surface area contributed by atoms with Gasteiger partial charge in [0, 0.05) is 0 Å². The van der Waals surface area contributed by atoms with Gasteiger partial charge in [0.25, 0.3) is 0 Å². The monoisotopic (exact) mass is 168 g/mol. The molecular weight excluding hydrogens is 164 g/mol. The van der Waals surface area contributed by atoms with Crippen molar-refractivity contribution < 1.29 is 37.8 Å². The van der Waals surface area contributed by atoms with Crippen molar-refractivity contribution in [3.8, 4) is 0 Å². The maximum absolute atomic E-state index is 7.62. The largest absolute Gasteiger partial charge is 3.00 e. The number of hydrogen-bond acceptors (Lipinski definition) is 1. The average molecular weight is 168 g/mol. The number of halogens is 1. The van der Waals surface area contributed by atoms with Crippen LogP contribution in [-0.4, -0.2) is 11.0 Å². The normalized spacial score (nSPS) is 6.00. The van der Waals surface area contributed by atoms with E-state index in [1.807, 2.05) is 0 Å². The second-order valence-electron chi connectivity index (χ2n) is 0.337. The molecule has 1 nitrogen and oxygen atoms in total. The van der Waals surface area contributed by atoms with Crippen molar-refractivity contribution in [2.45, 2.75) is 0 Å². The summed E-state index contributed by atoms with van der Waals surface area (Å²) in [5, 5.41) is 7.62. The van der Waals surface area contributed by atoms with Gasteiger partial charge in [-0.1, -0.05) is 5.88 Å². The Hall–Kier alpha value is 1.35. The van der Waals surface area contributed by atoms with Crippen molar-refractivity contribution in [3.63, 3.8) is 0 Å². The second-order valence-corrected chi connectivity index (χ2v) is 0.645. The molecule has 0 rings (SSSR count). The number of aliphatic hydroxyl groups is 1. The Bertz CT molecular complexity index is 11.6. The minimum atomic E-state index is 0. The van der Waals surface area contributed by atoms with E-state index in [9.17, 15) is 0 Å². The van der Waals surface area contributed by atoms with E-state index in [-0.39, 0.29) is 38.6 Å². The Labute approximate surface area is 61.6 Å². The first-order valence-electron chi connectivity index (χ1n) is 0.934. The molecule has 0 saturated carbocycles. The molecule has 1 N–H and O–H groups in total. The Morgan fingerprint density at radius 3 is 2.00 bits per heavy atom. The van der Waals surface area contributed by atoms with Crippen molar-refractivity contribution in [1.29, 1.82) is 0 Å². The van der Waals surface area contributed by atoms with E-state index < -0.39 is 0 Å². The molecule has 0 fully saturated rings. The van der Waals surface area contributed by atoms with E-state index in [2.05, 4.69) is 0 Å². The topological polar surface area (TPSA) is 20.2 Å². The maximum Gasteiger partial charge on any atom is 3.00 e. The molecule has 0 heterocycles. The fourth-order valence-corrected chi connectivity index (χ4v) is 0. The van der Waals surface area contributed by atoms with Crippen LogP contribution in [-0.2, 0) is 32.7 Å². The van der Waals surface area contributed by atoms with Crippen LogP contribution in [0.4, 0.5) is 0 Å². The summed E-state index contributed by atoms with van der Waals surface area (Å²) in [6, 6.07) is 0. The summed E-state index contributed by atoms with van der Waals surface area (Å²) in [6.45, 7) is 0.890. The van der Waals surface area contributed by atoms with Crippen molar-refractivity contribution >= 4 is 11.6 Å². The summed E-state index contributed by atoms with van der Waals surface area (Å²) in [5.41, 5.74) is 0. The Morgan fingerprint density at radius 1 is 1.80 bits per heavy atom. The van der Waals surface area contributed by atoms with Crippen LogP contribution in [0.3, 0.4) is 0 Å². The first kappa shape index (κ1) is 9.61. The molecule has 0 aliphatic heterocycles. The van der Waals surface area contributed by atoms with Crippen LogP contribution >= 0.6 is 11.6 Å². The van der Waals surface area contributed by atoms with Gasteiger partial charge in [-0.3, -0.25) is 0 Å². The summed E-state index contributed by atoms with van der Waals surface area (Å²) in [4.78, 5) is 0. The zero-order valence-corrected chi connectivity index (χ0v) is 6.28. The zero-order valence-electron chi connectivity index (χ0n) is 2.69. The van der Waals surface area contributed by atoms with Crippen LogP contribution in [0.1, 0.15) is 0 Å². The summed E-state index contributed by atoms with van der Waals surface area (Å²) < 4.78 is 0. The molecule has 0 aliphatic rings. The predicted octanol–water partition coefficient (Wildman–Crippen LogP) is 0.757. The van der Waals surface area contributed by atoms with Gasteiger partial charge in [-0.05, 0) is 0 Å². The van der Waals surface area contributed by atoms with Crippen LogP contribution in [0.5, 0.6) is 0 Å². The first-order valence-corrected chi connectivity index (χ1v) is 1.47. The Balaban J connectivity index is 0. The van der Waals surface area contributed by atoms with Gasteiger partial charge in [-0.25, -0.2) is 6.61 Å². The molecule has 26 valence electrons. The summed E-state index contributed by atoms with van der Waals surface area (Å²) in [7, 11) is 0. The van der Waals surface area contributed by atoms with E-state index in [0.717, 1.165) is 6.61 Å². The van der Waals surface area contributed by atoms with Crippen LogP contribution < -0.4 is 0 Å². The third-order valence-electron chi connectivity index (χ3n) is 0.0690. The number of hydrogen-bond donors (Lipinski definition) is 1. The molecule has 0 bridgehead atoms. The minimum absolute atomic E-state index is 0. The number of rotatable bonds is 1.